The summed E-state index contributed by atoms with van der Waals surface area (Å²) in [6, 6.07) is 4.60. The average Bonchev–Trinajstić information content (AvgIpc) is 2.45. The highest BCUT2D eigenvalue weighted by atomic mass is 16.5. The minimum Gasteiger partial charge on any atom is -0.534 e. The van der Waals surface area contributed by atoms with Crippen molar-refractivity contribution in [2.45, 2.75) is 25.2 Å². The first kappa shape index (κ1) is 15.8. The van der Waals surface area contributed by atoms with Crippen LogP contribution in [0.3, 0.4) is 0 Å². The number of carbonyl (C=O) groups excluding carboxylic acids is 2. The Morgan fingerprint density at radius 1 is 1.36 bits per heavy atom. The van der Waals surface area contributed by atoms with Gasteiger partial charge in [0, 0.05) is 12.8 Å². The van der Waals surface area contributed by atoms with E-state index in [9.17, 15) is 19.4 Å². The second-order valence-corrected chi connectivity index (χ2v) is 4.95. The van der Waals surface area contributed by atoms with Gasteiger partial charge in [0.25, 0.3) is 0 Å². The van der Waals surface area contributed by atoms with Gasteiger partial charge in [0.05, 0.1) is 11.5 Å². The molecule has 1 aliphatic rings. The van der Waals surface area contributed by atoms with Crippen LogP contribution < -0.4 is 15.7 Å². The van der Waals surface area contributed by atoms with Gasteiger partial charge in [-0.25, -0.2) is 4.79 Å². The highest BCUT2D eigenvalue weighted by Crippen LogP contribution is 2.30. The van der Waals surface area contributed by atoms with Crippen LogP contribution in [0.25, 0.3) is 0 Å². The van der Waals surface area contributed by atoms with Crippen molar-refractivity contribution in [1.29, 1.82) is 0 Å². The van der Waals surface area contributed by atoms with Gasteiger partial charge in [-0.05, 0) is 18.1 Å². The maximum absolute atomic E-state index is 11.7. The smallest absolute Gasteiger partial charge is 0.534 e. The molecule has 1 aliphatic heterocycles. The Morgan fingerprint density at radius 3 is 2.73 bits per heavy atom. The van der Waals surface area contributed by atoms with E-state index in [1.807, 2.05) is 0 Å². The fraction of sp³-hybridized carbons (Fsp3) is 0.308. The Balaban J connectivity index is 2.09. The standard InChI is InChI=1S/C13H15BN2O6/c15-10(17)4-5-11(18)16-9-6-7-2-1-3-8(13(19)20)12(7)22-14(9)21/h1-3,9,21H,4-6H2,(H2,15,17)(H,16,18)(H,19,20). The molecule has 1 aromatic carbocycles. The van der Waals surface area contributed by atoms with Crippen molar-refractivity contribution in [1.82, 2.24) is 5.32 Å². The van der Waals surface area contributed by atoms with E-state index >= 15 is 0 Å². The highest BCUT2D eigenvalue weighted by Gasteiger charge is 2.37. The average molecular weight is 306 g/mol. The number of carboxylic acid groups (broad SMARTS) is 1. The first-order valence-corrected chi connectivity index (χ1v) is 6.66. The number of fused-ring (bicyclic) bond motifs is 1. The number of nitrogens with two attached hydrogens (primary N) is 1. The zero-order valence-corrected chi connectivity index (χ0v) is 11.6. The number of benzene rings is 1. The van der Waals surface area contributed by atoms with Gasteiger partial charge in [0.1, 0.15) is 5.75 Å². The van der Waals surface area contributed by atoms with Gasteiger partial charge in [-0.3, -0.25) is 9.59 Å². The second-order valence-electron chi connectivity index (χ2n) is 4.95. The van der Waals surface area contributed by atoms with Crippen LogP contribution >= 0.6 is 0 Å². The van der Waals surface area contributed by atoms with Gasteiger partial charge in [0.15, 0.2) is 0 Å². The second kappa shape index (κ2) is 6.48. The molecule has 1 atom stereocenters. The predicted octanol–water partition coefficient (Wildman–Crippen LogP) is -0.910. The molecule has 0 spiro atoms. The summed E-state index contributed by atoms with van der Waals surface area (Å²) in [5.74, 6) is -2.81. The van der Waals surface area contributed by atoms with Crippen LogP contribution in [-0.4, -0.2) is 41.0 Å². The molecule has 2 amide bonds. The first-order valence-electron chi connectivity index (χ1n) is 6.66. The number of carbonyl (C=O) groups is 3. The molecule has 0 aliphatic carbocycles. The van der Waals surface area contributed by atoms with Crippen molar-refractivity contribution >= 4 is 24.9 Å². The van der Waals surface area contributed by atoms with Crippen LogP contribution in [0.15, 0.2) is 18.2 Å². The number of primary amides is 1. The molecule has 0 radical (unpaired) electrons. The van der Waals surface area contributed by atoms with Crippen molar-refractivity contribution < 1.29 is 29.2 Å². The Labute approximate surface area is 126 Å². The molecule has 0 saturated heterocycles. The van der Waals surface area contributed by atoms with Crippen molar-refractivity contribution in [3.8, 4) is 5.75 Å². The molecule has 116 valence electrons. The predicted molar refractivity (Wildman–Crippen MR) is 76.1 cm³/mol. The molecule has 9 heteroatoms. The number of hydrogen-bond acceptors (Lipinski definition) is 5. The molecule has 1 aromatic rings. The van der Waals surface area contributed by atoms with E-state index in [1.165, 1.54) is 6.07 Å². The largest absolute Gasteiger partial charge is 0.547 e. The van der Waals surface area contributed by atoms with Crippen molar-refractivity contribution in [3.05, 3.63) is 29.3 Å². The molecule has 1 unspecified atom stereocenters. The molecule has 22 heavy (non-hydrogen) atoms. The first-order chi connectivity index (χ1) is 10.4. The molecule has 0 bridgehead atoms. The maximum Gasteiger partial charge on any atom is 0.547 e. The van der Waals surface area contributed by atoms with Gasteiger partial charge < -0.3 is 25.8 Å². The number of nitrogens with one attached hydrogen (secondary N) is 1. The highest BCUT2D eigenvalue weighted by molar-refractivity contribution is 6.47. The van der Waals surface area contributed by atoms with E-state index in [1.54, 1.807) is 12.1 Å². The van der Waals surface area contributed by atoms with Crippen LogP contribution in [0.4, 0.5) is 0 Å². The van der Waals surface area contributed by atoms with Crippen molar-refractivity contribution in [3.63, 3.8) is 0 Å². The number of rotatable bonds is 5. The molecule has 0 fully saturated rings. The molecule has 1 heterocycles. The Kier molecular flexibility index (Phi) is 4.67. The third-order valence-corrected chi connectivity index (χ3v) is 3.29. The van der Waals surface area contributed by atoms with Crippen LogP contribution in [0.2, 0.25) is 0 Å². The summed E-state index contributed by atoms with van der Waals surface area (Å²) in [7, 11) is -1.37. The summed E-state index contributed by atoms with van der Waals surface area (Å²) in [6.07, 6.45) is 0.0514. The van der Waals surface area contributed by atoms with Crippen molar-refractivity contribution in [2.24, 2.45) is 5.73 Å². The monoisotopic (exact) mass is 306 g/mol. The summed E-state index contributed by atoms with van der Waals surface area (Å²) in [5, 5.41) is 21.6. The zero-order valence-electron chi connectivity index (χ0n) is 11.6. The molecular weight excluding hydrogens is 291 g/mol. The van der Waals surface area contributed by atoms with Gasteiger partial charge in [-0.15, -0.1) is 0 Å². The number of amides is 2. The van der Waals surface area contributed by atoms with E-state index in [0.29, 0.717) is 5.56 Å². The van der Waals surface area contributed by atoms with Crippen LogP contribution in [0.5, 0.6) is 5.75 Å². The Hall–Kier alpha value is -2.55. The molecule has 5 N–H and O–H groups in total. The molecule has 2 rings (SSSR count). The lowest BCUT2D eigenvalue weighted by Crippen LogP contribution is -2.53. The van der Waals surface area contributed by atoms with Gasteiger partial charge in [-0.2, -0.15) is 0 Å². The minimum absolute atomic E-state index is 0.0462. The third kappa shape index (κ3) is 3.56. The van der Waals surface area contributed by atoms with E-state index in [-0.39, 0.29) is 30.6 Å². The van der Waals surface area contributed by atoms with Crippen LogP contribution in [0, 0.1) is 0 Å². The van der Waals surface area contributed by atoms with Crippen molar-refractivity contribution in [2.75, 3.05) is 0 Å². The molecule has 0 saturated carbocycles. The molecule has 0 aromatic heterocycles. The lowest BCUT2D eigenvalue weighted by Gasteiger charge is -2.28. The topological polar surface area (TPSA) is 139 Å². The minimum atomic E-state index is -1.37. The molecular formula is C13H15BN2O6. The fourth-order valence-corrected chi connectivity index (χ4v) is 2.23. The summed E-state index contributed by atoms with van der Waals surface area (Å²) < 4.78 is 5.23. The fourth-order valence-electron chi connectivity index (χ4n) is 2.23. The summed E-state index contributed by atoms with van der Waals surface area (Å²) >= 11 is 0. The quantitative estimate of drug-likeness (QED) is 0.519. The Bertz CT molecular complexity index is 621. The van der Waals surface area contributed by atoms with E-state index in [4.69, 9.17) is 15.5 Å². The van der Waals surface area contributed by atoms with Gasteiger partial charge >= 0.3 is 13.1 Å². The number of hydrogen-bond donors (Lipinski definition) is 4. The van der Waals surface area contributed by atoms with Crippen LogP contribution in [-0.2, 0) is 16.0 Å². The van der Waals surface area contributed by atoms with E-state index in [0.717, 1.165) is 0 Å². The van der Waals surface area contributed by atoms with Gasteiger partial charge in [0.2, 0.25) is 11.8 Å². The number of para-hydroxylation sites is 1. The summed E-state index contributed by atoms with van der Waals surface area (Å²) in [4.78, 5) is 33.4. The number of carboxylic acids is 1. The lowest BCUT2D eigenvalue weighted by molar-refractivity contribution is -0.125. The van der Waals surface area contributed by atoms with Crippen LogP contribution in [0.1, 0.15) is 28.8 Å². The van der Waals surface area contributed by atoms with E-state index in [2.05, 4.69) is 5.32 Å². The number of aromatic carboxylic acids is 1. The normalized spacial score (nSPS) is 16.4. The summed E-state index contributed by atoms with van der Waals surface area (Å²) in [5.41, 5.74) is 5.49. The maximum atomic E-state index is 11.7. The summed E-state index contributed by atoms with van der Waals surface area (Å²) in [6.45, 7) is 0. The van der Waals surface area contributed by atoms with Gasteiger partial charge in [-0.1, -0.05) is 12.1 Å². The lowest BCUT2D eigenvalue weighted by atomic mass is 9.72. The molecule has 8 nitrogen and oxygen atoms in total. The van der Waals surface area contributed by atoms with E-state index < -0.39 is 30.8 Å². The Morgan fingerprint density at radius 2 is 2.09 bits per heavy atom. The third-order valence-electron chi connectivity index (χ3n) is 3.29. The zero-order chi connectivity index (χ0) is 16.3. The SMILES string of the molecule is NC(=O)CCC(=O)NC1Cc2cccc(C(=O)O)c2OB1O.